The number of nitrogens with two attached hydrogens (primary N) is 1. The number of nitrogens with zero attached hydrogens (tertiary/aromatic N) is 2. The van der Waals surface area contributed by atoms with E-state index in [0.717, 1.165) is 42.5 Å². The summed E-state index contributed by atoms with van der Waals surface area (Å²) in [5.74, 6) is 0.988. The molecule has 1 unspecified atom stereocenters. The number of halogens is 2. The van der Waals surface area contributed by atoms with Crippen LogP contribution in [-0.4, -0.2) is 22.0 Å². The van der Waals surface area contributed by atoms with Crippen LogP contribution in [0.15, 0.2) is 24.3 Å². The number of rotatable bonds is 5. The summed E-state index contributed by atoms with van der Waals surface area (Å²) in [7, 11) is 0. The average Bonchev–Trinajstić information content (AvgIpc) is 3.19. The molecule has 0 spiro atoms. The third-order valence-corrected chi connectivity index (χ3v) is 5.31. The number of amides is 1. The summed E-state index contributed by atoms with van der Waals surface area (Å²) < 4.78 is 2.21. The van der Waals surface area contributed by atoms with Crippen molar-refractivity contribution in [1.29, 1.82) is 0 Å². The molecule has 0 radical (unpaired) electrons. The summed E-state index contributed by atoms with van der Waals surface area (Å²) >= 11 is 0. The Balaban J connectivity index is 0.00000169. The lowest BCUT2D eigenvalue weighted by Gasteiger charge is -2.28. The molecule has 3 N–H and O–H groups in total. The van der Waals surface area contributed by atoms with Crippen LogP contribution >= 0.6 is 24.8 Å². The molecule has 1 aliphatic rings. The smallest absolute Gasteiger partial charge is 0.228 e. The number of fused-ring (bicyclic) bond motifs is 1. The molecule has 146 valence electrons. The van der Waals surface area contributed by atoms with E-state index in [2.05, 4.69) is 29.8 Å². The highest BCUT2D eigenvalue weighted by Gasteiger charge is 2.40. The molecule has 3 rings (SSSR count). The lowest BCUT2D eigenvalue weighted by molar-refractivity contribution is -0.131. The van der Waals surface area contributed by atoms with Gasteiger partial charge in [-0.25, -0.2) is 4.98 Å². The van der Waals surface area contributed by atoms with Crippen molar-refractivity contribution in [3.63, 3.8) is 0 Å². The van der Waals surface area contributed by atoms with Crippen molar-refractivity contribution in [1.82, 2.24) is 14.9 Å². The van der Waals surface area contributed by atoms with Crippen LogP contribution in [0.3, 0.4) is 0 Å². The van der Waals surface area contributed by atoms with Crippen molar-refractivity contribution < 1.29 is 4.79 Å². The van der Waals surface area contributed by atoms with Crippen LogP contribution in [0.1, 0.15) is 64.4 Å². The molecule has 1 aromatic carbocycles. The fourth-order valence-corrected chi connectivity index (χ4v) is 3.90. The van der Waals surface area contributed by atoms with Crippen molar-refractivity contribution in [3.8, 4) is 0 Å². The molecule has 26 heavy (non-hydrogen) atoms. The minimum atomic E-state index is -0.386. The molecule has 0 bridgehead atoms. The number of imidazole rings is 1. The van der Waals surface area contributed by atoms with Gasteiger partial charge in [0, 0.05) is 12.6 Å². The van der Waals surface area contributed by atoms with E-state index in [1.807, 2.05) is 25.1 Å². The number of hydrogen-bond donors (Lipinski definition) is 2. The van der Waals surface area contributed by atoms with Gasteiger partial charge in [0.05, 0.1) is 22.5 Å². The number of nitrogens with one attached hydrogen (secondary N) is 1. The maximum atomic E-state index is 12.9. The summed E-state index contributed by atoms with van der Waals surface area (Å²) in [5.41, 5.74) is 7.63. The summed E-state index contributed by atoms with van der Waals surface area (Å²) in [4.78, 5) is 17.6. The first-order valence-corrected chi connectivity index (χ1v) is 8.96. The largest absolute Gasteiger partial charge is 0.346 e. The first-order chi connectivity index (χ1) is 11.5. The second-order valence-corrected chi connectivity index (χ2v) is 7.31. The predicted molar refractivity (Wildman–Crippen MR) is 111 cm³/mol. The zero-order valence-electron chi connectivity index (χ0n) is 15.7. The van der Waals surface area contributed by atoms with Gasteiger partial charge >= 0.3 is 0 Å². The van der Waals surface area contributed by atoms with Gasteiger partial charge in [0.1, 0.15) is 5.82 Å². The summed E-state index contributed by atoms with van der Waals surface area (Å²) in [6.45, 7) is 6.72. The highest BCUT2D eigenvalue weighted by molar-refractivity contribution is 5.85. The molecular weight excluding hydrogens is 371 g/mol. The van der Waals surface area contributed by atoms with E-state index in [4.69, 9.17) is 10.7 Å². The minimum Gasteiger partial charge on any atom is -0.346 e. The van der Waals surface area contributed by atoms with Crippen molar-refractivity contribution in [2.24, 2.45) is 11.1 Å². The molecule has 1 heterocycles. The minimum absolute atomic E-state index is 0. The number of carbonyl (C=O) groups is 1. The van der Waals surface area contributed by atoms with Crippen LogP contribution in [0.5, 0.6) is 0 Å². The van der Waals surface area contributed by atoms with E-state index in [-0.39, 0.29) is 48.2 Å². The highest BCUT2D eigenvalue weighted by Crippen LogP contribution is 2.38. The maximum Gasteiger partial charge on any atom is 0.228 e. The Hall–Kier alpha value is -1.30. The molecule has 7 heteroatoms. The van der Waals surface area contributed by atoms with Gasteiger partial charge in [-0.15, -0.1) is 24.8 Å². The van der Waals surface area contributed by atoms with Crippen LogP contribution in [-0.2, 0) is 4.79 Å². The molecule has 5 nitrogen and oxygen atoms in total. The Morgan fingerprint density at radius 2 is 1.85 bits per heavy atom. The molecule has 1 atom stereocenters. The van der Waals surface area contributed by atoms with Crippen molar-refractivity contribution in [3.05, 3.63) is 30.1 Å². The summed E-state index contributed by atoms with van der Waals surface area (Å²) in [5, 5.41) is 3.18. The lowest BCUT2D eigenvalue weighted by atomic mass is 9.85. The number of carbonyl (C=O) groups excluding carboxylic acids is 1. The lowest BCUT2D eigenvalue weighted by Crippen LogP contribution is -2.45. The van der Waals surface area contributed by atoms with Gasteiger partial charge in [0.25, 0.3) is 0 Å². The van der Waals surface area contributed by atoms with E-state index in [1.165, 1.54) is 0 Å². The number of aromatic nitrogens is 2. The molecular formula is C19H30Cl2N4O. The normalized spacial score (nSPS) is 16.8. The summed E-state index contributed by atoms with van der Waals surface area (Å²) in [6.07, 6.45) is 3.96. The van der Waals surface area contributed by atoms with Gasteiger partial charge in [0.2, 0.25) is 5.91 Å². The zero-order chi connectivity index (χ0) is 17.3. The Kier molecular flexibility index (Phi) is 7.93. The summed E-state index contributed by atoms with van der Waals surface area (Å²) in [6, 6.07) is 8.26. The highest BCUT2D eigenvalue weighted by atomic mass is 35.5. The number of hydrogen-bond acceptors (Lipinski definition) is 3. The Morgan fingerprint density at radius 3 is 2.42 bits per heavy atom. The first-order valence-electron chi connectivity index (χ1n) is 8.96. The van der Waals surface area contributed by atoms with Gasteiger partial charge in [-0.1, -0.05) is 25.0 Å². The van der Waals surface area contributed by atoms with E-state index in [1.54, 1.807) is 0 Å². The maximum absolute atomic E-state index is 12.9. The van der Waals surface area contributed by atoms with Crippen molar-refractivity contribution in [2.45, 2.75) is 58.5 Å². The molecule has 2 aromatic rings. The average molecular weight is 401 g/mol. The SMILES string of the molecule is CC(NC(=O)C1(CN)CCCC1)c1nc2ccccc2n1C(C)C.Cl.Cl. The molecule has 1 saturated carbocycles. The van der Waals surface area contributed by atoms with Gasteiger partial charge in [-0.3, -0.25) is 4.79 Å². The Morgan fingerprint density at radius 1 is 1.23 bits per heavy atom. The Bertz CT molecular complexity index is 738. The van der Waals surface area contributed by atoms with Crippen LogP contribution in [0, 0.1) is 5.41 Å². The van der Waals surface area contributed by atoms with E-state index in [9.17, 15) is 4.79 Å². The van der Waals surface area contributed by atoms with E-state index >= 15 is 0 Å². The van der Waals surface area contributed by atoms with Crippen molar-refractivity contribution >= 4 is 41.8 Å². The van der Waals surface area contributed by atoms with Crippen LogP contribution < -0.4 is 11.1 Å². The van der Waals surface area contributed by atoms with Crippen LogP contribution in [0.25, 0.3) is 11.0 Å². The van der Waals surface area contributed by atoms with E-state index < -0.39 is 0 Å². The second-order valence-electron chi connectivity index (χ2n) is 7.31. The first kappa shape index (κ1) is 22.7. The number of para-hydroxylation sites is 2. The molecule has 1 fully saturated rings. The monoisotopic (exact) mass is 400 g/mol. The van der Waals surface area contributed by atoms with Gasteiger partial charge in [-0.2, -0.15) is 0 Å². The second kappa shape index (κ2) is 9.07. The van der Waals surface area contributed by atoms with Gasteiger partial charge in [-0.05, 0) is 45.7 Å². The molecule has 0 aliphatic heterocycles. The predicted octanol–water partition coefficient (Wildman–Crippen LogP) is 4.16. The molecule has 1 aromatic heterocycles. The number of benzene rings is 1. The van der Waals surface area contributed by atoms with Crippen LogP contribution in [0.4, 0.5) is 0 Å². The molecule has 0 saturated heterocycles. The fraction of sp³-hybridized carbons (Fsp3) is 0.579. The van der Waals surface area contributed by atoms with Crippen LogP contribution in [0.2, 0.25) is 0 Å². The molecule has 1 amide bonds. The third-order valence-electron chi connectivity index (χ3n) is 5.31. The quantitative estimate of drug-likeness (QED) is 0.790. The topological polar surface area (TPSA) is 72.9 Å². The van der Waals surface area contributed by atoms with E-state index in [0.29, 0.717) is 6.54 Å². The third kappa shape index (κ3) is 4.00. The Labute approximate surface area is 167 Å². The standard InChI is InChI=1S/C19H28N4O.2ClH/c1-13(2)23-16-9-5-4-8-15(16)22-17(23)14(3)21-18(24)19(12-20)10-6-7-11-19;;/h4-5,8-9,13-14H,6-7,10-12,20H2,1-3H3,(H,21,24);2*1H. The van der Waals surface area contributed by atoms with Gasteiger partial charge in [0.15, 0.2) is 0 Å². The zero-order valence-corrected chi connectivity index (χ0v) is 17.3. The molecule has 1 aliphatic carbocycles. The fourth-order valence-electron chi connectivity index (χ4n) is 3.90. The van der Waals surface area contributed by atoms with Crippen molar-refractivity contribution in [2.75, 3.05) is 6.54 Å². The van der Waals surface area contributed by atoms with Gasteiger partial charge < -0.3 is 15.6 Å².